The lowest BCUT2D eigenvalue weighted by Gasteiger charge is -2.31. The Morgan fingerprint density at radius 1 is 0.857 bits per heavy atom. The predicted octanol–water partition coefficient (Wildman–Crippen LogP) is 6.54. The van der Waals surface area contributed by atoms with Crippen molar-refractivity contribution in [1.82, 2.24) is 9.88 Å². The highest BCUT2D eigenvalue weighted by Gasteiger charge is 2.38. The van der Waals surface area contributed by atoms with Gasteiger partial charge < -0.3 is 19.5 Å². The lowest BCUT2D eigenvalue weighted by Crippen LogP contribution is -2.50. The van der Waals surface area contributed by atoms with E-state index in [1.165, 1.54) is 0 Å². The van der Waals surface area contributed by atoms with Gasteiger partial charge in [-0.05, 0) is 41.0 Å². The minimum atomic E-state index is -0.688. The van der Waals surface area contributed by atoms with Gasteiger partial charge in [-0.15, -0.1) is 0 Å². The highest BCUT2D eigenvalue weighted by molar-refractivity contribution is 6.04. The van der Waals surface area contributed by atoms with Crippen molar-refractivity contribution in [1.29, 1.82) is 0 Å². The highest BCUT2D eigenvalue weighted by atomic mass is 16.5. The van der Waals surface area contributed by atoms with Gasteiger partial charge in [0.25, 0.3) is 5.91 Å². The summed E-state index contributed by atoms with van der Waals surface area (Å²) in [5, 5.41) is 1.06. The largest absolute Gasteiger partial charge is 0.373 e. The minimum Gasteiger partial charge on any atom is -0.373 e. The first-order valence-corrected chi connectivity index (χ1v) is 14.3. The lowest BCUT2D eigenvalue weighted by molar-refractivity contribution is -0.122. The number of benzene rings is 4. The van der Waals surface area contributed by atoms with E-state index in [-0.39, 0.29) is 11.8 Å². The summed E-state index contributed by atoms with van der Waals surface area (Å²) in [5.74, 6) is -0.264. The molecule has 1 atom stereocenters. The fraction of sp³-hybridized carbons (Fsp3) is 0.167. The number of rotatable bonds is 9. The third-order valence-corrected chi connectivity index (χ3v) is 7.70. The van der Waals surface area contributed by atoms with Crippen LogP contribution in [0.2, 0.25) is 0 Å². The number of hydrogen-bond donors (Lipinski definition) is 1. The van der Waals surface area contributed by atoms with E-state index >= 15 is 0 Å². The number of ether oxygens (including phenoxy) is 1. The number of hydrogen-bond acceptors (Lipinski definition) is 3. The molecule has 2 heterocycles. The van der Waals surface area contributed by atoms with Gasteiger partial charge in [0, 0.05) is 47.9 Å². The molecule has 4 aromatic carbocycles. The first-order valence-electron chi connectivity index (χ1n) is 14.3. The van der Waals surface area contributed by atoms with Crippen molar-refractivity contribution in [2.75, 3.05) is 18.1 Å². The Kier molecular flexibility index (Phi) is 8.24. The number of para-hydroxylation sites is 2. The number of nitrogens with one attached hydrogen (secondary N) is 1. The number of carbonyl (C=O) groups excluding carboxylic acids is 2. The van der Waals surface area contributed by atoms with Gasteiger partial charge in [-0.3, -0.25) is 9.59 Å². The van der Waals surface area contributed by atoms with Crippen molar-refractivity contribution < 1.29 is 14.3 Å². The molecule has 0 aliphatic carbocycles. The predicted molar refractivity (Wildman–Crippen MR) is 166 cm³/mol. The average Bonchev–Trinajstić information content (AvgIpc) is 3.41. The molecule has 1 unspecified atom stereocenters. The summed E-state index contributed by atoms with van der Waals surface area (Å²) >= 11 is 0. The van der Waals surface area contributed by atoms with Crippen LogP contribution in [0.5, 0.6) is 0 Å². The summed E-state index contributed by atoms with van der Waals surface area (Å²) in [6.45, 7) is 1.68. The molecule has 1 aliphatic heterocycles. The Bertz CT molecular complexity index is 1690. The van der Waals surface area contributed by atoms with Gasteiger partial charge in [0.15, 0.2) is 0 Å². The second kappa shape index (κ2) is 12.7. The number of nitrogens with zero attached hydrogens (tertiary/aromatic N) is 2. The van der Waals surface area contributed by atoms with Gasteiger partial charge in [-0.2, -0.15) is 0 Å². The summed E-state index contributed by atoms with van der Waals surface area (Å²) in [5.41, 5.74) is 5.45. The monoisotopic (exact) mass is 555 g/mol. The smallest absolute Gasteiger partial charge is 0.254 e. The van der Waals surface area contributed by atoms with E-state index in [2.05, 4.69) is 11.1 Å². The summed E-state index contributed by atoms with van der Waals surface area (Å²) in [6.07, 6.45) is 6.27. The van der Waals surface area contributed by atoms with Gasteiger partial charge in [0.2, 0.25) is 5.91 Å². The van der Waals surface area contributed by atoms with E-state index in [9.17, 15) is 9.59 Å². The number of fused-ring (bicyclic) bond motifs is 2. The summed E-state index contributed by atoms with van der Waals surface area (Å²) < 4.78 is 5.81. The third-order valence-electron chi connectivity index (χ3n) is 7.70. The summed E-state index contributed by atoms with van der Waals surface area (Å²) in [7, 11) is 0. The van der Waals surface area contributed by atoms with E-state index in [0.29, 0.717) is 38.3 Å². The highest BCUT2D eigenvalue weighted by Crippen LogP contribution is 2.31. The second-order valence-corrected chi connectivity index (χ2v) is 10.4. The van der Waals surface area contributed by atoms with Crippen molar-refractivity contribution in [2.24, 2.45) is 0 Å². The zero-order valence-corrected chi connectivity index (χ0v) is 23.4. The van der Waals surface area contributed by atoms with Crippen LogP contribution in [0.3, 0.4) is 0 Å². The molecule has 6 heteroatoms. The van der Waals surface area contributed by atoms with Crippen LogP contribution in [-0.2, 0) is 29.1 Å². The van der Waals surface area contributed by atoms with Gasteiger partial charge in [0.05, 0.1) is 13.2 Å². The summed E-state index contributed by atoms with van der Waals surface area (Å²) in [4.78, 5) is 35.3. The fourth-order valence-corrected chi connectivity index (χ4v) is 5.56. The molecule has 0 bridgehead atoms. The van der Waals surface area contributed by atoms with Gasteiger partial charge >= 0.3 is 0 Å². The first kappa shape index (κ1) is 27.2. The molecule has 6 rings (SSSR count). The molecule has 0 saturated carbocycles. The Hall–Kier alpha value is -4.94. The number of carbonyl (C=O) groups is 2. The van der Waals surface area contributed by atoms with Crippen molar-refractivity contribution in [2.45, 2.75) is 25.6 Å². The molecule has 1 aliphatic rings. The second-order valence-electron chi connectivity index (χ2n) is 10.4. The van der Waals surface area contributed by atoms with Crippen LogP contribution in [0.25, 0.3) is 10.9 Å². The molecule has 0 fully saturated rings. The van der Waals surface area contributed by atoms with E-state index in [1.54, 1.807) is 9.80 Å². The van der Waals surface area contributed by atoms with Crippen LogP contribution in [0.1, 0.15) is 27.0 Å². The van der Waals surface area contributed by atoms with Crippen LogP contribution < -0.4 is 4.90 Å². The Labute approximate surface area is 245 Å². The SMILES string of the molecule is O=C1C(Cc2c[nH]c3ccccc23)N(C(=O)c2ccccc2)Cc2ccccc2N1CC=CCOCc1ccccc1. The van der Waals surface area contributed by atoms with E-state index in [1.807, 2.05) is 121 Å². The van der Waals surface area contributed by atoms with Crippen LogP contribution in [0.4, 0.5) is 5.69 Å². The normalized spacial score (nSPS) is 15.2. The van der Waals surface area contributed by atoms with Crippen LogP contribution in [-0.4, -0.2) is 40.9 Å². The number of H-pyrrole nitrogens is 1. The number of anilines is 1. The maximum absolute atomic E-state index is 14.5. The zero-order chi connectivity index (χ0) is 28.7. The fourth-order valence-electron chi connectivity index (χ4n) is 5.56. The Balaban J connectivity index is 1.29. The van der Waals surface area contributed by atoms with Crippen LogP contribution in [0.15, 0.2) is 128 Å². The molecule has 42 heavy (non-hydrogen) atoms. The maximum Gasteiger partial charge on any atom is 0.254 e. The molecule has 1 aromatic heterocycles. The molecule has 210 valence electrons. The standard InChI is InChI=1S/C36H33N3O3/c40-35(28-15-5-2-6-16-28)39-25-29-17-7-10-20-33(29)38(21-11-12-22-42-26-27-13-3-1-4-14-27)36(41)34(39)23-30-24-37-32-19-9-8-18-31(30)32/h1-20,24,34,37H,21-23,25-26H2. The number of aromatic nitrogens is 1. The van der Waals surface area contributed by atoms with E-state index in [4.69, 9.17) is 4.74 Å². The van der Waals surface area contributed by atoms with Gasteiger partial charge in [0.1, 0.15) is 6.04 Å². The van der Waals surface area contributed by atoms with Crippen LogP contribution >= 0.6 is 0 Å². The Morgan fingerprint density at radius 3 is 2.40 bits per heavy atom. The zero-order valence-electron chi connectivity index (χ0n) is 23.4. The van der Waals surface area contributed by atoms with E-state index < -0.39 is 6.04 Å². The molecule has 5 aromatic rings. The molecular weight excluding hydrogens is 522 g/mol. The molecule has 0 saturated heterocycles. The molecule has 1 N–H and O–H groups in total. The average molecular weight is 556 g/mol. The maximum atomic E-state index is 14.5. The van der Waals surface area contributed by atoms with Crippen molar-refractivity contribution in [3.8, 4) is 0 Å². The van der Waals surface area contributed by atoms with Crippen molar-refractivity contribution in [3.05, 3.63) is 150 Å². The Morgan fingerprint density at radius 2 is 1.57 bits per heavy atom. The topological polar surface area (TPSA) is 65.6 Å². The van der Waals surface area contributed by atoms with Crippen molar-refractivity contribution >= 4 is 28.4 Å². The molecule has 6 nitrogen and oxygen atoms in total. The van der Waals surface area contributed by atoms with E-state index in [0.717, 1.165) is 33.3 Å². The molecule has 2 amide bonds. The van der Waals surface area contributed by atoms with Crippen LogP contribution in [0, 0.1) is 0 Å². The summed E-state index contributed by atoms with van der Waals surface area (Å²) in [6, 6.07) is 34.5. The minimum absolute atomic E-state index is 0.107. The molecule has 0 radical (unpaired) electrons. The number of aromatic amines is 1. The molecular formula is C36H33N3O3. The lowest BCUT2D eigenvalue weighted by atomic mass is 10.0. The number of amides is 2. The first-order chi connectivity index (χ1) is 20.7. The van der Waals surface area contributed by atoms with Crippen molar-refractivity contribution in [3.63, 3.8) is 0 Å². The quantitative estimate of drug-likeness (QED) is 0.166. The van der Waals surface area contributed by atoms with Gasteiger partial charge in [-0.25, -0.2) is 0 Å². The van der Waals surface area contributed by atoms with Gasteiger partial charge in [-0.1, -0.05) is 97.1 Å². The molecule has 0 spiro atoms. The third kappa shape index (κ3) is 5.90.